The van der Waals surface area contributed by atoms with Gasteiger partial charge in [-0.15, -0.1) is 0 Å². The lowest BCUT2D eigenvalue weighted by molar-refractivity contribution is -0.137. The van der Waals surface area contributed by atoms with Gasteiger partial charge < -0.3 is 4.74 Å². The van der Waals surface area contributed by atoms with Gasteiger partial charge in [-0.25, -0.2) is 4.98 Å². The second-order valence-electron chi connectivity index (χ2n) is 5.08. The third kappa shape index (κ3) is 2.85. The molecule has 1 aromatic heterocycles. The van der Waals surface area contributed by atoms with E-state index < -0.39 is 0 Å². The Labute approximate surface area is 136 Å². The number of benzene rings is 1. The molecule has 1 aromatic carbocycles. The van der Waals surface area contributed by atoms with E-state index in [1.165, 1.54) is 11.8 Å². The van der Waals surface area contributed by atoms with Crippen molar-refractivity contribution in [2.75, 3.05) is 6.61 Å². The minimum absolute atomic E-state index is 0.0996. The minimum Gasteiger partial charge on any atom is -0.465 e. The van der Waals surface area contributed by atoms with E-state index in [0.717, 1.165) is 6.42 Å². The van der Waals surface area contributed by atoms with Crippen molar-refractivity contribution in [1.29, 1.82) is 0 Å². The van der Waals surface area contributed by atoms with E-state index in [2.05, 4.69) is 4.98 Å². The molecule has 0 saturated carbocycles. The summed E-state index contributed by atoms with van der Waals surface area (Å²) in [6.45, 7) is 2.99. The van der Waals surface area contributed by atoms with Crippen LogP contribution < -0.4 is 5.56 Å². The Hall–Kier alpha value is -1.53. The zero-order valence-corrected chi connectivity index (χ0v) is 13.6. The Morgan fingerprint density at radius 1 is 1.45 bits per heavy atom. The maximum absolute atomic E-state index is 12.7. The molecule has 116 valence electrons. The Balaban J connectivity index is 2.11. The number of fused-ring (bicyclic) bond motifs is 1. The van der Waals surface area contributed by atoms with Crippen molar-refractivity contribution in [3.8, 4) is 0 Å². The van der Waals surface area contributed by atoms with Crippen LogP contribution in [-0.4, -0.2) is 27.4 Å². The van der Waals surface area contributed by atoms with Crippen LogP contribution in [-0.2, 0) is 16.1 Å². The third-order valence-corrected chi connectivity index (χ3v) is 4.93. The first kappa shape index (κ1) is 15.4. The van der Waals surface area contributed by atoms with Crippen LogP contribution in [0, 0.1) is 0 Å². The molecule has 0 radical (unpaired) electrons. The number of carbonyl (C=O) groups excluding carboxylic acids is 1. The number of rotatable bonds is 4. The Bertz CT molecular complexity index is 790. The standard InChI is InChI=1S/C15H15ClN2O3S/c1-2-6-18-13(19)10-4-3-9(16)8-11(10)17-15(18)22-12-5-7-21-14(12)20/h3-4,8,12H,2,5-7H2,1H3/t12-/m1/s1. The fourth-order valence-corrected chi connectivity index (χ4v) is 3.65. The van der Waals surface area contributed by atoms with Gasteiger partial charge in [0.05, 0.1) is 17.5 Å². The van der Waals surface area contributed by atoms with Gasteiger partial charge in [0.15, 0.2) is 5.16 Å². The summed E-state index contributed by atoms with van der Waals surface area (Å²) in [6, 6.07) is 5.05. The van der Waals surface area contributed by atoms with Gasteiger partial charge in [0.25, 0.3) is 5.56 Å². The van der Waals surface area contributed by atoms with Gasteiger partial charge in [-0.3, -0.25) is 14.2 Å². The summed E-state index contributed by atoms with van der Waals surface area (Å²) in [5, 5.41) is 1.32. The molecule has 0 amide bonds. The predicted octanol–water partition coefficient (Wildman–Crippen LogP) is 2.87. The van der Waals surface area contributed by atoms with Gasteiger partial charge in [-0.2, -0.15) is 0 Å². The highest BCUT2D eigenvalue weighted by molar-refractivity contribution is 8.00. The van der Waals surface area contributed by atoms with Gasteiger partial charge in [0, 0.05) is 18.0 Å². The van der Waals surface area contributed by atoms with Crippen LogP contribution in [0.1, 0.15) is 19.8 Å². The van der Waals surface area contributed by atoms with Crippen molar-refractivity contribution >= 4 is 40.2 Å². The molecule has 0 N–H and O–H groups in total. The van der Waals surface area contributed by atoms with Crippen molar-refractivity contribution in [3.63, 3.8) is 0 Å². The molecule has 1 atom stereocenters. The van der Waals surface area contributed by atoms with Crippen LogP contribution in [0.5, 0.6) is 0 Å². The second-order valence-corrected chi connectivity index (χ2v) is 6.68. The molecule has 2 aromatic rings. The first-order valence-corrected chi connectivity index (χ1v) is 8.39. The molecule has 1 saturated heterocycles. The number of aromatic nitrogens is 2. The molecular formula is C15H15ClN2O3S. The molecule has 0 aliphatic carbocycles. The molecule has 3 rings (SSSR count). The lowest BCUT2D eigenvalue weighted by Gasteiger charge is -2.13. The summed E-state index contributed by atoms with van der Waals surface area (Å²) in [6.07, 6.45) is 1.45. The van der Waals surface area contributed by atoms with Crippen molar-refractivity contribution in [1.82, 2.24) is 9.55 Å². The summed E-state index contributed by atoms with van der Waals surface area (Å²) >= 11 is 7.28. The van der Waals surface area contributed by atoms with E-state index in [1.54, 1.807) is 22.8 Å². The average Bonchev–Trinajstić information content (AvgIpc) is 2.88. The van der Waals surface area contributed by atoms with E-state index in [-0.39, 0.29) is 16.8 Å². The third-order valence-electron chi connectivity index (χ3n) is 3.46. The SMILES string of the molecule is CCCn1c(S[C@@H]2CCOC2=O)nc2cc(Cl)ccc2c1=O. The number of cyclic esters (lactones) is 1. The zero-order valence-electron chi connectivity index (χ0n) is 12.0. The highest BCUT2D eigenvalue weighted by Crippen LogP contribution is 2.29. The van der Waals surface area contributed by atoms with E-state index in [9.17, 15) is 9.59 Å². The lowest BCUT2D eigenvalue weighted by atomic mass is 10.2. The summed E-state index contributed by atoms with van der Waals surface area (Å²) < 4.78 is 6.61. The fraction of sp³-hybridized carbons (Fsp3) is 0.400. The number of ether oxygens (including phenoxy) is 1. The predicted molar refractivity (Wildman–Crippen MR) is 86.5 cm³/mol. The Kier molecular flexibility index (Phi) is 4.40. The molecule has 5 nitrogen and oxygen atoms in total. The highest BCUT2D eigenvalue weighted by Gasteiger charge is 2.29. The van der Waals surface area contributed by atoms with Crippen molar-refractivity contribution in [3.05, 3.63) is 33.6 Å². The van der Waals surface area contributed by atoms with E-state index in [4.69, 9.17) is 16.3 Å². The molecule has 1 aliphatic heterocycles. The zero-order chi connectivity index (χ0) is 15.7. The van der Waals surface area contributed by atoms with Crippen LogP contribution in [0.15, 0.2) is 28.2 Å². The molecule has 0 unspecified atom stereocenters. The topological polar surface area (TPSA) is 61.2 Å². The highest BCUT2D eigenvalue weighted by atomic mass is 35.5. The first-order valence-electron chi connectivity index (χ1n) is 7.13. The van der Waals surface area contributed by atoms with Crippen molar-refractivity contribution in [2.45, 2.75) is 36.7 Å². The van der Waals surface area contributed by atoms with Gasteiger partial charge in [0.1, 0.15) is 5.25 Å². The van der Waals surface area contributed by atoms with Crippen LogP contribution in [0.2, 0.25) is 5.02 Å². The number of hydrogen-bond acceptors (Lipinski definition) is 5. The van der Waals surface area contributed by atoms with Gasteiger partial charge >= 0.3 is 5.97 Å². The number of hydrogen-bond donors (Lipinski definition) is 0. The van der Waals surface area contributed by atoms with Crippen LogP contribution >= 0.6 is 23.4 Å². The molecule has 7 heteroatoms. The van der Waals surface area contributed by atoms with Crippen LogP contribution in [0.25, 0.3) is 10.9 Å². The number of thioether (sulfide) groups is 1. The van der Waals surface area contributed by atoms with E-state index in [0.29, 0.717) is 40.7 Å². The molecule has 2 heterocycles. The first-order chi connectivity index (χ1) is 10.6. The lowest BCUT2D eigenvalue weighted by Crippen LogP contribution is -2.24. The largest absolute Gasteiger partial charge is 0.465 e. The van der Waals surface area contributed by atoms with Gasteiger partial charge in [-0.1, -0.05) is 30.3 Å². The molecular weight excluding hydrogens is 324 g/mol. The molecule has 1 aliphatic rings. The number of esters is 1. The fourth-order valence-electron chi connectivity index (χ4n) is 2.40. The number of nitrogens with zero attached hydrogens (tertiary/aromatic N) is 2. The van der Waals surface area contributed by atoms with Gasteiger partial charge in [0.2, 0.25) is 0 Å². The van der Waals surface area contributed by atoms with Gasteiger partial charge in [-0.05, 0) is 24.6 Å². The Morgan fingerprint density at radius 3 is 2.95 bits per heavy atom. The monoisotopic (exact) mass is 338 g/mol. The maximum atomic E-state index is 12.7. The minimum atomic E-state index is -0.299. The summed E-state index contributed by atoms with van der Waals surface area (Å²) in [7, 11) is 0. The number of carbonyl (C=O) groups is 1. The quantitative estimate of drug-likeness (QED) is 0.633. The molecule has 22 heavy (non-hydrogen) atoms. The smallest absolute Gasteiger partial charge is 0.319 e. The summed E-state index contributed by atoms with van der Waals surface area (Å²) in [5.41, 5.74) is 0.455. The normalized spacial score (nSPS) is 17.9. The number of halogens is 1. The summed E-state index contributed by atoms with van der Waals surface area (Å²) in [5.74, 6) is -0.242. The Morgan fingerprint density at radius 2 is 2.27 bits per heavy atom. The van der Waals surface area contributed by atoms with E-state index >= 15 is 0 Å². The van der Waals surface area contributed by atoms with E-state index in [1.807, 2.05) is 6.92 Å². The maximum Gasteiger partial charge on any atom is 0.319 e. The van der Waals surface area contributed by atoms with Crippen molar-refractivity contribution in [2.24, 2.45) is 0 Å². The molecule has 0 bridgehead atoms. The summed E-state index contributed by atoms with van der Waals surface area (Å²) in [4.78, 5) is 28.9. The van der Waals surface area contributed by atoms with Crippen molar-refractivity contribution < 1.29 is 9.53 Å². The molecule has 0 spiro atoms. The van der Waals surface area contributed by atoms with Crippen LogP contribution in [0.4, 0.5) is 0 Å². The molecule has 1 fully saturated rings. The van der Waals surface area contributed by atoms with Crippen LogP contribution in [0.3, 0.4) is 0 Å². The average molecular weight is 339 g/mol. The second kappa shape index (κ2) is 6.30.